The van der Waals surface area contributed by atoms with Gasteiger partial charge in [-0.15, -0.1) is 5.10 Å². The summed E-state index contributed by atoms with van der Waals surface area (Å²) in [6.07, 6.45) is 1.62. The fourth-order valence-corrected chi connectivity index (χ4v) is 1.67. The van der Waals surface area contributed by atoms with Gasteiger partial charge in [0, 0.05) is 18.7 Å². The molecular weight excluding hydrogens is 247 g/mol. The van der Waals surface area contributed by atoms with E-state index in [4.69, 9.17) is 4.74 Å². The van der Waals surface area contributed by atoms with E-state index in [2.05, 4.69) is 15.6 Å². The monoisotopic (exact) mass is 264 g/mol. The molecule has 0 radical (unpaired) electrons. The van der Waals surface area contributed by atoms with E-state index < -0.39 is 0 Å². The van der Waals surface area contributed by atoms with E-state index in [-0.39, 0.29) is 5.82 Å². The second kappa shape index (κ2) is 5.79. The zero-order valence-corrected chi connectivity index (χ0v) is 11.2. The second-order valence-electron chi connectivity index (χ2n) is 4.49. The molecule has 6 heteroatoms. The van der Waals surface area contributed by atoms with Crippen LogP contribution >= 0.6 is 0 Å². The van der Waals surface area contributed by atoms with Crippen LogP contribution in [0.4, 0.5) is 4.39 Å². The molecule has 1 aromatic carbocycles. The number of hydrogen-bond acceptors (Lipinski definition) is 4. The molecule has 102 valence electrons. The number of rotatable bonds is 5. The van der Waals surface area contributed by atoms with Crippen LogP contribution < -0.4 is 10.1 Å². The van der Waals surface area contributed by atoms with Crippen LogP contribution in [0.25, 0.3) is 5.69 Å². The first-order valence-corrected chi connectivity index (χ1v) is 6.08. The molecule has 2 rings (SSSR count). The Balaban J connectivity index is 2.33. The van der Waals surface area contributed by atoms with Crippen LogP contribution in [0.5, 0.6) is 5.75 Å². The summed E-state index contributed by atoms with van der Waals surface area (Å²) in [5.41, 5.74) is 1.12. The van der Waals surface area contributed by atoms with Crippen molar-refractivity contribution in [2.45, 2.75) is 26.4 Å². The molecule has 0 amide bonds. The predicted molar refractivity (Wildman–Crippen MR) is 69.8 cm³/mol. The Morgan fingerprint density at radius 2 is 2.21 bits per heavy atom. The summed E-state index contributed by atoms with van der Waals surface area (Å²) in [7, 11) is 1.54. The Morgan fingerprint density at radius 1 is 1.42 bits per heavy atom. The van der Waals surface area contributed by atoms with Crippen molar-refractivity contribution >= 4 is 0 Å². The van der Waals surface area contributed by atoms with Gasteiger partial charge in [0.2, 0.25) is 0 Å². The first-order chi connectivity index (χ1) is 9.11. The Kier molecular flexibility index (Phi) is 4.11. The number of aromatic nitrogens is 3. The van der Waals surface area contributed by atoms with Gasteiger partial charge in [0.25, 0.3) is 0 Å². The number of nitrogens with zero attached hydrogens (tertiary/aromatic N) is 3. The van der Waals surface area contributed by atoms with Gasteiger partial charge in [0.1, 0.15) is 17.3 Å². The van der Waals surface area contributed by atoms with E-state index in [0.717, 1.165) is 5.69 Å². The topological polar surface area (TPSA) is 52.0 Å². The highest BCUT2D eigenvalue weighted by Gasteiger charge is 2.12. The van der Waals surface area contributed by atoms with Gasteiger partial charge >= 0.3 is 0 Å². The summed E-state index contributed by atoms with van der Waals surface area (Å²) >= 11 is 0. The third-order valence-corrected chi connectivity index (χ3v) is 2.69. The fourth-order valence-electron chi connectivity index (χ4n) is 1.67. The van der Waals surface area contributed by atoms with Crippen molar-refractivity contribution in [3.8, 4) is 11.4 Å². The van der Waals surface area contributed by atoms with Crippen LogP contribution in [0, 0.1) is 5.82 Å². The minimum atomic E-state index is -0.364. The lowest BCUT2D eigenvalue weighted by Crippen LogP contribution is -2.23. The van der Waals surface area contributed by atoms with E-state index >= 15 is 0 Å². The largest absolute Gasteiger partial charge is 0.497 e. The molecule has 19 heavy (non-hydrogen) atoms. The molecule has 0 aliphatic heterocycles. The van der Waals surface area contributed by atoms with Gasteiger partial charge in [-0.05, 0) is 12.1 Å². The molecule has 0 aliphatic carbocycles. The number of ether oxygens (including phenoxy) is 1. The number of nitrogens with one attached hydrogen (secondary N) is 1. The highest BCUT2D eigenvalue weighted by molar-refractivity contribution is 5.40. The Morgan fingerprint density at radius 3 is 2.89 bits per heavy atom. The third kappa shape index (κ3) is 3.08. The Bertz CT molecular complexity index is 553. The standard InChI is InChI=1S/C13H17FN4O/c1-9(2)15-7-10-8-16-17-18(10)13-6-11(19-3)4-5-12(13)14/h4-6,8-9,15H,7H2,1-3H3. The molecule has 0 bridgehead atoms. The minimum absolute atomic E-state index is 0.331. The highest BCUT2D eigenvalue weighted by Crippen LogP contribution is 2.20. The van der Waals surface area contributed by atoms with Gasteiger partial charge in [0.05, 0.1) is 19.0 Å². The van der Waals surface area contributed by atoms with Crippen LogP contribution in [-0.4, -0.2) is 28.1 Å². The molecule has 0 aliphatic rings. The van der Waals surface area contributed by atoms with E-state index in [1.54, 1.807) is 25.4 Å². The maximum atomic E-state index is 13.9. The van der Waals surface area contributed by atoms with Crippen LogP contribution in [0.2, 0.25) is 0 Å². The SMILES string of the molecule is COc1ccc(F)c(-n2nncc2CNC(C)C)c1. The molecule has 0 unspecified atom stereocenters. The molecule has 2 aromatic rings. The van der Waals surface area contributed by atoms with Crippen molar-refractivity contribution in [2.75, 3.05) is 7.11 Å². The first kappa shape index (κ1) is 13.5. The lowest BCUT2D eigenvalue weighted by Gasteiger charge is -2.11. The zero-order valence-electron chi connectivity index (χ0n) is 11.2. The normalized spacial score (nSPS) is 11.0. The molecule has 0 fully saturated rings. The van der Waals surface area contributed by atoms with Crippen LogP contribution in [0.15, 0.2) is 24.4 Å². The lowest BCUT2D eigenvalue weighted by molar-refractivity contribution is 0.413. The molecule has 0 spiro atoms. The first-order valence-electron chi connectivity index (χ1n) is 6.08. The molecule has 0 atom stereocenters. The van der Waals surface area contributed by atoms with Gasteiger partial charge in [-0.3, -0.25) is 0 Å². The molecule has 1 heterocycles. The molecule has 0 saturated carbocycles. The minimum Gasteiger partial charge on any atom is -0.497 e. The van der Waals surface area contributed by atoms with Crippen molar-refractivity contribution in [1.82, 2.24) is 20.3 Å². The number of methoxy groups -OCH3 is 1. The number of hydrogen-bond donors (Lipinski definition) is 1. The molecule has 5 nitrogen and oxygen atoms in total. The van der Waals surface area contributed by atoms with E-state index in [1.807, 2.05) is 13.8 Å². The van der Waals surface area contributed by atoms with Gasteiger partial charge in [-0.2, -0.15) is 0 Å². The van der Waals surface area contributed by atoms with Crippen molar-refractivity contribution < 1.29 is 9.13 Å². The van der Waals surface area contributed by atoms with E-state index in [0.29, 0.717) is 24.0 Å². The Labute approximate surface area is 111 Å². The van der Waals surface area contributed by atoms with Crippen molar-refractivity contribution in [3.63, 3.8) is 0 Å². The zero-order chi connectivity index (χ0) is 13.8. The Hall–Kier alpha value is -1.95. The quantitative estimate of drug-likeness (QED) is 0.896. The summed E-state index contributed by atoms with van der Waals surface area (Å²) in [6.45, 7) is 4.65. The maximum absolute atomic E-state index is 13.9. The van der Waals surface area contributed by atoms with Crippen LogP contribution in [-0.2, 0) is 6.54 Å². The van der Waals surface area contributed by atoms with Gasteiger partial charge in [-0.1, -0.05) is 19.1 Å². The van der Waals surface area contributed by atoms with Crippen molar-refractivity contribution in [3.05, 3.63) is 35.9 Å². The molecule has 1 N–H and O–H groups in total. The van der Waals surface area contributed by atoms with Gasteiger partial charge < -0.3 is 10.1 Å². The van der Waals surface area contributed by atoms with Crippen molar-refractivity contribution in [2.24, 2.45) is 0 Å². The number of benzene rings is 1. The average Bonchev–Trinajstić information content (AvgIpc) is 2.85. The highest BCUT2D eigenvalue weighted by atomic mass is 19.1. The summed E-state index contributed by atoms with van der Waals surface area (Å²) in [6, 6.07) is 4.86. The molecular formula is C13H17FN4O. The van der Waals surface area contributed by atoms with E-state index in [9.17, 15) is 4.39 Å². The summed E-state index contributed by atoms with van der Waals surface area (Å²) in [5.74, 6) is 0.215. The molecule has 1 aromatic heterocycles. The second-order valence-corrected chi connectivity index (χ2v) is 4.49. The summed E-state index contributed by atoms with van der Waals surface area (Å²) in [5, 5.41) is 11.0. The van der Waals surface area contributed by atoms with Crippen LogP contribution in [0.3, 0.4) is 0 Å². The summed E-state index contributed by atoms with van der Waals surface area (Å²) in [4.78, 5) is 0. The van der Waals surface area contributed by atoms with Crippen LogP contribution in [0.1, 0.15) is 19.5 Å². The smallest absolute Gasteiger partial charge is 0.149 e. The molecule has 0 saturated heterocycles. The van der Waals surface area contributed by atoms with Crippen molar-refractivity contribution in [1.29, 1.82) is 0 Å². The predicted octanol–water partition coefficient (Wildman–Crippen LogP) is 1.91. The third-order valence-electron chi connectivity index (χ3n) is 2.69. The van der Waals surface area contributed by atoms with E-state index in [1.165, 1.54) is 10.7 Å². The number of halogens is 1. The summed E-state index contributed by atoms with van der Waals surface area (Å²) < 4.78 is 20.5. The fraction of sp³-hybridized carbons (Fsp3) is 0.385. The maximum Gasteiger partial charge on any atom is 0.149 e. The van der Waals surface area contributed by atoms with Gasteiger partial charge in [-0.25, -0.2) is 9.07 Å². The lowest BCUT2D eigenvalue weighted by atomic mass is 10.2. The van der Waals surface area contributed by atoms with Gasteiger partial charge in [0.15, 0.2) is 0 Å². The average molecular weight is 264 g/mol.